The Hall–Kier alpha value is -3.56. The number of nitrogens with one attached hydrogen (secondary N) is 3. The highest BCUT2D eigenvalue weighted by molar-refractivity contribution is 6.31. The summed E-state index contributed by atoms with van der Waals surface area (Å²) in [4.78, 5) is 33.9. The largest absolute Gasteiger partial charge is 0.417 e. The first-order valence-corrected chi connectivity index (χ1v) is 11.7. The first kappa shape index (κ1) is 29.0. The number of amides is 2. The summed E-state index contributed by atoms with van der Waals surface area (Å²) < 4.78 is 40.3. The van der Waals surface area contributed by atoms with Crippen molar-refractivity contribution >= 4 is 58.2 Å². The summed E-state index contributed by atoms with van der Waals surface area (Å²) in [5.41, 5.74) is 0.377. The monoisotopic (exact) mass is 564 g/mol. The number of hydrogen-bond acceptors (Lipinski definition) is 3. The number of nitrogens with zero attached hydrogens (tertiary/aromatic N) is 1. The predicted octanol–water partition coefficient (Wildman–Crippen LogP) is 7.77. The maximum Gasteiger partial charge on any atom is 0.417 e. The average molecular weight is 565 g/mol. The molecular weight excluding hydrogens is 540 g/mol. The van der Waals surface area contributed by atoms with Crippen molar-refractivity contribution in [2.75, 3.05) is 10.6 Å². The molecule has 6 nitrogen and oxygen atoms in total. The van der Waals surface area contributed by atoms with Gasteiger partial charge in [-0.25, -0.2) is 4.98 Å². The molecule has 4 aromatic rings. The van der Waals surface area contributed by atoms with E-state index in [9.17, 15) is 22.8 Å². The number of carbonyl (C=O) groups excluding carboxylic acids is 2. The van der Waals surface area contributed by atoms with Crippen molar-refractivity contribution in [2.24, 2.45) is 0 Å². The zero-order valence-electron chi connectivity index (χ0n) is 20.9. The van der Waals surface area contributed by atoms with Gasteiger partial charge in [-0.3, -0.25) is 9.59 Å². The summed E-state index contributed by atoms with van der Waals surface area (Å²) in [6, 6.07) is 12.5. The second-order valence-corrected chi connectivity index (χ2v) is 10.1. The van der Waals surface area contributed by atoms with E-state index in [1.165, 1.54) is 24.3 Å². The number of fused-ring (bicyclic) bond motifs is 1. The molecule has 0 atom stereocenters. The molecule has 1 heterocycles. The van der Waals surface area contributed by atoms with E-state index in [4.69, 9.17) is 11.6 Å². The molecule has 38 heavy (non-hydrogen) atoms. The van der Waals surface area contributed by atoms with Gasteiger partial charge in [0.15, 0.2) is 0 Å². The second kappa shape index (κ2) is 10.7. The third-order valence-corrected chi connectivity index (χ3v) is 6.11. The molecule has 0 unspecified atom stereocenters. The van der Waals surface area contributed by atoms with Crippen molar-refractivity contribution in [2.45, 2.75) is 39.3 Å². The lowest BCUT2D eigenvalue weighted by atomic mass is 9.96. The molecular formula is C27H25Cl2F3N4O2. The van der Waals surface area contributed by atoms with Gasteiger partial charge < -0.3 is 15.6 Å². The van der Waals surface area contributed by atoms with Gasteiger partial charge in [0.1, 0.15) is 11.3 Å². The van der Waals surface area contributed by atoms with Gasteiger partial charge in [-0.2, -0.15) is 13.2 Å². The van der Waals surface area contributed by atoms with Gasteiger partial charge in [0.05, 0.1) is 22.2 Å². The molecule has 200 valence electrons. The lowest BCUT2D eigenvalue weighted by Crippen LogP contribution is -2.19. The van der Waals surface area contributed by atoms with Crippen LogP contribution in [0.5, 0.6) is 0 Å². The van der Waals surface area contributed by atoms with Crippen molar-refractivity contribution in [3.63, 3.8) is 0 Å². The summed E-state index contributed by atoms with van der Waals surface area (Å²) in [6.07, 6.45) is -4.71. The number of benzene rings is 3. The van der Waals surface area contributed by atoms with E-state index in [1.54, 1.807) is 18.2 Å². The molecule has 0 bridgehead atoms. The van der Waals surface area contributed by atoms with E-state index in [2.05, 4.69) is 20.6 Å². The lowest BCUT2D eigenvalue weighted by molar-refractivity contribution is -0.137. The first-order chi connectivity index (χ1) is 17.2. The van der Waals surface area contributed by atoms with E-state index in [1.807, 2.05) is 27.7 Å². The van der Waals surface area contributed by atoms with Crippen LogP contribution < -0.4 is 10.6 Å². The Morgan fingerprint density at radius 1 is 0.895 bits per heavy atom. The van der Waals surface area contributed by atoms with Gasteiger partial charge in [-0.05, 0) is 48.9 Å². The van der Waals surface area contributed by atoms with Gasteiger partial charge in [0.2, 0.25) is 0 Å². The number of rotatable bonds is 4. The molecule has 4 rings (SSSR count). The fourth-order valence-corrected chi connectivity index (χ4v) is 3.89. The third-order valence-electron chi connectivity index (χ3n) is 5.71. The van der Waals surface area contributed by atoms with Crippen LogP contribution in [0.25, 0.3) is 11.0 Å². The summed E-state index contributed by atoms with van der Waals surface area (Å²) in [6.45, 7) is 7.65. The van der Waals surface area contributed by atoms with Crippen LogP contribution in [0.1, 0.15) is 58.4 Å². The summed E-state index contributed by atoms with van der Waals surface area (Å²) in [5.74, 6) is -0.885. The molecule has 3 N–H and O–H groups in total. The smallest absolute Gasteiger partial charge is 0.341 e. The number of anilines is 2. The molecule has 0 radical (unpaired) electrons. The van der Waals surface area contributed by atoms with Crippen molar-refractivity contribution in [1.29, 1.82) is 0 Å². The van der Waals surface area contributed by atoms with Gasteiger partial charge in [0.25, 0.3) is 11.8 Å². The number of alkyl halides is 3. The first-order valence-electron chi connectivity index (χ1n) is 11.3. The number of carbonyl (C=O) groups is 2. The number of aryl methyl sites for hydroxylation is 1. The van der Waals surface area contributed by atoms with E-state index in [0.29, 0.717) is 27.6 Å². The Labute approximate surface area is 228 Å². The zero-order chi connectivity index (χ0) is 27.1. The Balaban J connectivity index is 0.00000400. The highest BCUT2D eigenvalue weighted by Gasteiger charge is 2.35. The SMILES string of the molecule is Cc1ccc(NC(=O)c2cc(NC(=O)c3ccccc3C(F)(F)F)cc3[nH]c(C(C)(C)C)nc23)cc1Cl.Cl. The van der Waals surface area contributed by atoms with Crippen LogP contribution in [-0.2, 0) is 11.6 Å². The molecule has 2 amide bonds. The van der Waals surface area contributed by atoms with Gasteiger partial charge >= 0.3 is 6.18 Å². The number of aromatic nitrogens is 2. The number of hydrogen-bond donors (Lipinski definition) is 3. The fraction of sp³-hybridized carbons (Fsp3) is 0.222. The van der Waals surface area contributed by atoms with Gasteiger partial charge in [0, 0.05) is 21.8 Å². The molecule has 0 aliphatic rings. The van der Waals surface area contributed by atoms with E-state index in [0.717, 1.165) is 17.7 Å². The van der Waals surface area contributed by atoms with Crippen molar-refractivity contribution in [3.05, 3.63) is 87.7 Å². The Bertz CT molecular complexity index is 1530. The normalized spacial score (nSPS) is 11.7. The molecule has 1 aromatic heterocycles. The molecule has 0 spiro atoms. The Morgan fingerprint density at radius 3 is 2.16 bits per heavy atom. The summed E-state index contributed by atoms with van der Waals surface area (Å²) in [5, 5.41) is 5.74. The minimum atomic E-state index is -4.71. The van der Waals surface area contributed by atoms with Gasteiger partial charge in [-0.15, -0.1) is 12.4 Å². The van der Waals surface area contributed by atoms with Crippen LogP contribution in [0.2, 0.25) is 5.02 Å². The van der Waals surface area contributed by atoms with Crippen LogP contribution in [-0.4, -0.2) is 21.8 Å². The predicted molar refractivity (Wildman–Crippen MR) is 146 cm³/mol. The van der Waals surface area contributed by atoms with Crippen LogP contribution in [0.15, 0.2) is 54.6 Å². The number of H-pyrrole nitrogens is 1. The van der Waals surface area contributed by atoms with Crippen LogP contribution >= 0.6 is 24.0 Å². The zero-order valence-corrected chi connectivity index (χ0v) is 22.5. The van der Waals surface area contributed by atoms with Crippen LogP contribution in [0, 0.1) is 6.92 Å². The van der Waals surface area contributed by atoms with Crippen molar-refractivity contribution in [3.8, 4) is 0 Å². The van der Waals surface area contributed by atoms with Crippen LogP contribution in [0.3, 0.4) is 0 Å². The maximum atomic E-state index is 13.4. The van der Waals surface area contributed by atoms with E-state index < -0.39 is 29.1 Å². The number of aromatic amines is 1. The molecule has 0 saturated heterocycles. The summed E-state index contributed by atoms with van der Waals surface area (Å²) >= 11 is 6.18. The second-order valence-electron chi connectivity index (χ2n) is 9.67. The molecule has 11 heteroatoms. The number of halogens is 5. The minimum absolute atomic E-state index is 0. The Morgan fingerprint density at radius 2 is 1.53 bits per heavy atom. The molecule has 3 aromatic carbocycles. The topological polar surface area (TPSA) is 86.9 Å². The van der Waals surface area contributed by atoms with Crippen molar-refractivity contribution in [1.82, 2.24) is 9.97 Å². The Kier molecular flexibility index (Phi) is 8.14. The average Bonchev–Trinajstić information content (AvgIpc) is 3.25. The number of imidazole rings is 1. The molecule has 0 saturated carbocycles. The highest BCUT2D eigenvalue weighted by Crippen LogP contribution is 2.33. The molecule has 0 aliphatic heterocycles. The lowest BCUT2D eigenvalue weighted by Gasteiger charge is -2.13. The summed E-state index contributed by atoms with van der Waals surface area (Å²) in [7, 11) is 0. The minimum Gasteiger partial charge on any atom is -0.341 e. The quantitative estimate of drug-likeness (QED) is 0.236. The van der Waals surface area contributed by atoms with Gasteiger partial charge in [-0.1, -0.05) is 50.6 Å². The van der Waals surface area contributed by atoms with Crippen LogP contribution in [0.4, 0.5) is 24.5 Å². The highest BCUT2D eigenvalue weighted by atomic mass is 35.5. The molecule has 0 fully saturated rings. The molecule has 0 aliphatic carbocycles. The maximum absolute atomic E-state index is 13.4. The van der Waals surface area contributed by atoms with Crippen molar-refractivity contribution < 1.29 is 22.8 Å². The standard InChI is InChI=1S/C27H24ClF3N4O2.ClH/c1-14-9-10-15(12-20(14)28)32-24(37)18-11-16(13-21-22(18)35-25(34-21)26(2,3)4)33-23(36)17-7-5-6-8-19(17)27(29,30)31;/h5-13H,1-4H3,(H,32,37)(H,33,36)(H,34,35);1H. The van der Waals surface area contributed by atoms with E-state index >= 15 is 0 Å². The third kappa shape index (κ3) is 6.11. The fourth-order valence-electron chi connectivity index (χ4n) is 3.71. The van der Waals surface area contributed by atoms with E-state index in [-0.39, 0.29) is 29.1 Å².